The highest BCUT2D eigenvalue weighted by Gasteiger charge is 2.38. The average Bonchev–Trinajstić information content (AvgIpc) is 4.16. The number of hydrogen-bond donors (Lipinski definition) is 0. The fourth-order valence-electron chi connectivity index (χ4n) is 12.9. The lowest BCUT2D eigenvalue weighted by atomic mass is 9.81. The van der Waals surface area contributed by atoms with Crippen LogP contribution in [-0.2, 0) is 10.8 Å². The van der Waals surface area contributed by atoms with Crippen LogP contribution in [0.3, 0.4) is 0 Å². The normalized spacial score (nSPS) is 13.8. The van der Waals surface area contributed by atoms with Gasteiger partial charge in [0, 0.05) is 64.5 Å². The van der Waals surface area contributed by atoms with Crippen LogP contribution in [0.5, 0.6) is 0 Å². The van der Waals surface area contributed by atoms with E-state index in [1.54, 1.807) is 0 Å². The maximum atomic E-state index is 2.48. The van der Waals surface area contributed by atoms with Gasteiger partial charge in [-0.25, -0.2) is 0 Å². The van der Waals surface area contributed by atoms with Crippen molar-refractivity contribution in [3.05, 3.63) is 265 Å². The second-order valence-electron chi connectivity index (χ2n) is 21.7. The molecule has 0 aliphatic heterocycles. The second kappa shape index (κ2) is 16.4. The van der Waals surface area contributed by atoms with E-state index in [0.29, 0.717) is 0 Å². The fourth-order valence-corrected chi connectivity index (χ4v) is 14.2. The van der Waals surface area contributed by atoms with Gasteiger partial charge in [-0.2, -0.15) is 0 Å². The van der Waals surface area contributed by atoms with Crippen molar-refractivity contribution in [1.29, 1.82) is 0 Å². The van der Waals surface area contributed by atoms with Crippen LogP contribution in [0.2, 0.25) is 0 Å². The predicted octanol–water partition coefficient (Wildman–Crippen LogP) is 20.2. The Hall–Kier alpha value is -8.76. The smallest absolute Gasteiger partial charge is 0.0555 e. The summed E-state index contributed by atoms with van der Waals surface area (Å²) < 4.78 is 5.13. The lowest BCUT2D eigenvalue weighted by Gasteiger charge is -2.30. The second-order valence-corrected chi connectivity index (χ2v) is 22.7. The average molecular weight is 977 g/mol. The third-order valence-electron chi connectivity index (χ3n) is 16.8. The van der Waals surface area contributed by atoms with Crippen molar-refractivity contribution < 1.29 is 0 Å². The number of anilines is 3. The Morgan fingerprint density at radius 1 is 0.333 bits per heavy atom. The summed E-state index contributed by atoms with van der Waals surface area (Å²) >= 11 is 1.91. The minimum absolute atomic E-state index is 0.119. The monoisotopic (exact) mass is 976 g/mol. The van der Waals surface area contributed by atoms with Crippen LogP contribution < -0.4 is 4.90 Å². The minimum atomic E-state index is -0.254. The molecule has 2 aliphatic carbocycles. The number of fused-ring (bicyclic) bond motifs is 13. The molecule has 0 N–H and O–H groups in total. The van der Waals surface area contributed by atoms with E-state index in [2.05, 4.69) is 280 Å². The highest BCUT2D eigenvalue weighted by molar-refractivity contribution is 7.26. The molecule has 75 heavy (non-hydrogen) atoms. The van der Waals surface area contributed by atoms with Crippen molar-refractivity contribution >= 4 is 70.4 Å². The van der Waals surface area contributed by atoms with Crippen LogP contribution in [0, 0.1) is 0 Å². The van der Waals surface area contributed by atoms with Crippen LogP contribution in [-0.4, -0.2) is 4.57 Å². The van der Waals surface area contributed by atoms with Gasteiger partial charge < -0.3 is 9.47 Å². The molecule has 356 valence electrons. The Bertz CT molecular complexity index is 4440. The van der Waals surface area contributed by atoms with Crippen molar-refractivity contribution in [1.82, 2.24) is 4.57 Å². The quantitative estimate of drug-likeness (QED) is 0.154. The van der Waals surface area contributed by atoms with Gasteiger partial charge in [-0.3, -0.25) is 0 Å². The van der Waals surface area contributed by atoms with Gasteiger partial charge in [-0.15, -0.1) is 11.3 Å². The highest BCUT2D eigenvalue weighted by atomic mass is 32.1. The first-order chi connectivity index (χ1) is 36.7. The number of aromatic nitrogens is 1. The van der Waals surface area contributed by atoms with E-state index < -0.39 is 0 Å². The van der Waals surface area contributed by atoms with Crippen molar-refractivity contribution in [2.75, 3.05) is 4.90 Å². The van der Waals surface area contributed by atoms with Gasteiger partial charge in [0.25, 0.3) is 0 Å². The summed E-state index contributed by atoms with van der Waals surface area (Å²) in [4.78, 5) is 2.47. The van der Waals surface area contributed by atoms with Gasteiger partial charge in [0.2, 0.25) is 0 Å². The summed E-state index contributed by atoms with van der Waals surface area (Å²) in [5.41, 5.74) is 24.7. The standard InChI is InChI=1S/C72H52N2S/c1-71(2)62-21-13-11-19-55(62)57-36-33-53(43-64(57)71)73(51-29-23-47(24-30-51)45-15-7-5-8-16-45)54-34-37-58-56-35-27-50(42-63(56)72(3,4)65(58)44-54)49-28-39-66-61(41-49)69-67(40-38-60-59-20-12-14-22-68(59)75-70(60)69)74(66)52-31-25-48(26-32-52)46-17-9-6-10-18-46/h5-44H,1-4H3. The third-order valence-corrected chi connectivity index (χ3v) is 18.0. The minimum Gasteiger partial charge on any atom is -0.310 e. The first-order valence-corrected chi connectivity index (χ1v) is 27.0. The molecule has 11 aromatic carbocycles. The fraction of sp³-hybridized carbons (Fsp3) is 0.0833. The van der Waals surface area contributed by atoms with E-state index in [0.717, 1.165) is 22.7 Å². The van der Waals surface area contributed by atoms with Crippen LogP contribution in [0.15, 0.2) is 243 Å². The lowest BCUT2D eigenvalue weighted by molar-refractivity contribution is 0.660. The molecule has 3 heteroatoms. The van der Waals surface area contributed by atoms with Gasteiger partial charge >= 0.3 is 0 Å². The zero-order chi connectivity index (χ0) is 50.2. The van der Waals surface area contributed by atoms with Crippen molar-refractivity contribution in [2.45, 2.75) is 38.5 Å². The van der Waals surface area contributed by atoms with Crippen LogP contribution in [0.1, 0.15) is 49.9 Å². The first-order valence-electron chi connectivity index (χ1n) is 26.2. The van der Waals surface area contributed by atoms with Crippen molar-refractivity contribution in [3.8, 4) is 61.3 Å². The molecule has 0 radical (unpaired) electrons. The molecule has 0 atom stereocenters. The van der Waals surface area contributed by atoms with Gasteiger partial charge in [0.15, 0.2) is 0 Å². The van der Waals surface area contributed by atoms with Crippen molar-refractivity contribution in [3.63, 3.8) is 0 Å². The first kappa shape index (κ1) is 43.8. The Morgan fingerprint density at radius 3 is 1.49 bits per heavy atom. The number of hydrogen-bond acceptors (Lipinski definition) is 2. The van der Waals surface area contributed by atoms with E-state index in [4.69, 9.17) is 0 Å². The van der Waals surface area contributed by atoms with Crippen LogP contribution >= 0.6 is 11.3 Å². The molecule has 0 amide bonds. The lowest BCUT2D eigenvalue weighted by Crippen LogP contribution is -2.18. The number of thiophene rings is 1. The molecule has 0 bridgehead atoms. The molecule has 2 aliphatic rings. The third kappa shape index (κ3) is 6.64. The highest BCUT2D eigenvalue weighted by Crippen LogP contribution is 2.54. The molecule has 2 nitrogen and oxygen atoms in total. The van der Waals surface area contributed by atoms with Crippen LogP contribution in [0.25, 0.3) is 103 Å². The summed E-state index contributed by atoms with van der Waals surface area (Å²) in [6.07, 6.45) is 0. The van der Waals surface area contributed by atoms with Gasteiger partial charge in [0.05, 0.1) is 11.0 Å². The zero-order valence-corrected chi connectivity index (χ0v) is 43.2. The summed E-state index contributed by atoms with van der Waals surface area (Å²) in [6.45, 7) is 9.57. The molecule has 0 fully saturated rings. The molecular formula is C72H52N2S. The summed E-state index contributed by atoms with van der Waals surface area (Å²) in [6, 6.07) is 90.7. The SMILES string of the molecule is CC1(C)c2ccccc2-c2ccc(N(c3ccc(-c4ccccc4)cc3)c3ccc4c(c3)C(C)(C)c3cc(-c5ccc6c(c5)c5c7sc8ccccc8c7ccc5n6-c5ccc(-c6ccccc6)cc5)ccc3-4)cc21. The Morgan fingerprint density at radius 2 is 0.813 bits per heavy atom. The molecule has 13 aromatic rings. The largest absolute Gasteiger partial charge is 0.310 e. The van der Waals surface area contributed by atoms with Gasteiger partial charge in [-0.05, 0) is 157 Å². The molecule has 15 rings (SSSR count). The van der Waals surface area contributed by atoms with E-state index in [1.165, 1.54) is 120 Å². The maximum absolute atomic E-state index is 2.48. The van der Waals surface area contributed by atoms with Crippen LogP contribution in [0.4, 0.5) is 17.1 Å². The Balaban J connectivity index is 0.842. The van der Waals surface area contributed by atoms with E-state index in [-0.39, 0.29) is 10.8 Å². The zero-order valence-electron chi connectivity index (χ0n) is 42.4. The number of rotatable bonds is 7. The molecule has 2 aromatic heterocycles. The molecule has 0 unspecified atom stereocenters. The number of nitrogens with zero attached hydrogens (tertiary/aromatic N) is 2. The molecule has 0 saturated carbocycles. The summed E-state index contributed by atoms with van der Waals surface area (Å²) in [7, 11) is 0. The maximum Gasteiger partial charge on any atom is 0.0555 e. The molecular weight excluding hydrogens is 925 g/mol. The Labute approximate surface area is 442 Å². The molecule has 0 spiro atoms. The molecule has 0 saturated heterocycles. The van der Waals surface area contributed by atoms with Gasteiger partial charge in [0.1, 0.15) is 0 Å². The topological polar surface area (TPSA) is 8.17 Å². The predicted molar refractivity (Wildman–Crippen MR) is 320 cm³/mol. The van der Waals surface area contributed by atoms with E-state index >= 15 is 0 Å². The van der Waals surface area contributed by atoms with Crippen molar-refractivity contribution in [2.24, 2.45) is 0 Å². The summed E-state index contributed by atoms with van der Waals surface area (Å²) in [5, 5.41) is 5.22. The van der Waals surface area contributed by atoms with E-state index in [1.807, 2.05) is 11.3 Å². The van der Waals surface area contributed by atoms with Gasteiger partial charge in [-0.1, -0.05) is 191 Å². The van der Waals surface area contributed by atoms with E-state index in [9.17, 15) is 0 Å². The number of benzene rings is 11. The Kier molecular flexibility index (Phi) is 9.56. The summed E-state index contributed by atoms with van der Waals surface area (Å²) in [5.74, 6) is 0. The molecule has 2 heterocycles.